The molecule has 0 unspecified atom stereocenters. The Balaban J connectivity index is 1.69. The molecule has 0 radical (unpaired) electrons. The van der Waals surface area contributed by atoms with E-state index in [-0.39, 0.29) is 11.8 Å². The van der Waals surface area contributed by atoms with E-state index < -0.39 is 0 Å². The van der Waals surface area contributed by atoms with Crippen molar-refractivity contribution in [3.05, 3.63) is 59.7 Å². The molecule has 0 saturated heterocycles. The normalized spacial score (nSPS) is 9.62. The molecule has 2 aromatic carbocycles. The molecule has 26 heavy (non-hydrogen) atoms. The predicted molar refractivity (Wildman–Crippen MR) is 98.0 cm³/mol. The zero-order chi connectivity index (χ0) is 18.8. The van der Waals surface area contributed by atoms with Crippen molar-refractivity contribution >= 4 is 23.2 Å². The second kappa shape index (κ2) is 9.61. The Morgan fingerprint density at radius 2 is 1.19 bits per heavy atom. The van der Waals surface area contributed by atoms with Crippen molar-refractivity contribution in [3.63, 3.8) is 0 Å². The van der Waals surface area contributed by atoms with Crippen LogP contribution in [0.25, 0.3) is 0 Å². The van der Waals surface area contributed by atoms with Crippen molar-refractivity contribution in [2.45, 2.75) is 25.7 Å². The number of benzene rings is 2. The van der Waals surface area contributed by atoms with Crippen LogP contribution >= 0.6 is 0 Å². The van der Waals surface area contributed by atoms with Crippen LogP contribution in [0, 0.1) is 22.7 Å². The average molecular weight is 346 g/mol. The smallest absolute Gasteiger partial charge is 0.224 e. The predicted octanol–water partition coefficient (Wildman–Crippen LogP) is 3.57. The van der Waals surface area contributed by atoms with Gasteiger partial charge >= 0.3 is 0 Å². The summed E-state index contributed by atoms with van der Waals surface area (Å²) in [7, 11) is 0. The highest BCUT2D eigenvalue weighted by Crippen LogP contribution is 2.13. The van der Waals surface area contributed by atoms with Crippen LogP contribution in [0.15, 0.2) is 48.5 Å². The van der Waals surface area contributed by atoms with Crippen molar-refractivity contribution in [2.24, 2.45) is 0 Å². The SMILES string of the molecule is N#Cc1cccc(NC(=O)CCCCC(=O)Nc2cccc(C#N)c2)c1. The van der Waals surface area contributed by atoms with Gasteiger partial charge in [-0.05, 0) is 49.2 Å². The van der Waals surface area contributed by atoms with Gasteiger partial charge < -0.3 is 10.6 Å². The number of carbonyl (C=O) groups excluding carboxylic acids is 2. The van der Waals surface area contributed by atoms with Crippen LogP contribution in [0.5, 0.6) is 0 Å². The third-order valence-corrected chi connectivity index (χ3v) is 3.61. The minimum absolute atomic E-state index is 0.151. The van der Waals surface area contributed by atoms with Crippen LogP contribution in [0.3, 0.4) is 0 Å². The molecule has 0 fully saturated rings. The number of amides is 2. The summed E-state index contributed by atoms with van der Waals surface area (Å²) in [5, 5.41) is 23.2. The summed E-state index contributed by atoms with van der Waals surface area (Å²) in [4.78, 5) is 23.8. The van der Waals surface area contributed by atoms with Gasteiger partial charge in [0.1, 0.15) is 0 Å². The Kier molecular flexibility index (Phi) is 6.91. The van der Waals surface area contributed by atoms with Gasteiger partial charge in [0, 0.05) is 24.2 Å². The second-order valence-corrected chi connectivity index (χ2v) is 5.69. The molecule has 2 N–H and O–H groups in total. The maximum Gasteiger partial charge on any atom is 0.224 e. The molecule has 2 amide bonds. The lowest BCUT2D eigenvalue weighted by molar-refractivity contribution is -0.118. The van der Waals surface area contributed by atoms with Crippen LogP contribution in [0.1, 0.15) is 36.8 Å². The van der Waals surface area contributed by atoms with E-state index in [0.29, 0.717) is 48.2 Å². The van der Waals surface area contributed by atoms with Gasteiger partial charge in [0.2, 0.25) is 11.8 Å². The number of nitrogens with zero attached hydrogens (tertiary/aromatic N) is 2. The largest absolute Gasteiger partial charge is 0.326 e. The van der Waals surface area contributed by atoms with Crippen LogP contribution in [-0.2, 0) is 9.59 Å². The van der Waals surface area contributed by atoms with Gasteiger partial charge in [0.25, 0.3) is 0 Å². The molecule has 0 aromatic heterocycles. The number of hydrogen-bond donors (Lipinski definition) is 2. The molecular formula is C20H18N4O2. The number of rotatable bonds is 7. The Bertz CT molecular complexity index is 804. The minimum Gasteiger partial charge on any atom is -0.326 e. The molecule has 2 rings (SSSR count). The van der Waals surface area contributed by atoms with Gasteiger partial charge in [0.05, 0.1) is 23.3 Å². The molecule has 0 atom stereocenters. The number of carbonyl (C=O) groups is 2. The number of hydrogen-bond acceptors (Lipinski definition) is 4. The Morgan fingerprint density at radius 3 is 1.58 bits per heavy atom. The summed E-state index contributed by atoms with van der Waals surface area (Å²) in [6.07, 6.45) is 1.76. The number of nitriles is 2. The zero-order valence-corrected chi connectivity index (χ0v) is 14.2. The van der Waals surface area contributed by atoms with E-state index >= 15 is 0 Å². The first-order chi connectivity index (χ1) is 12.6. The molecule has 0 aliphatic rings. The quantitative estimate of drug-likeness (QED) is 0.747. The highest BCUT2D eigenvalue weighted by atomic mass is 16.2. The minimum atomic E-state index is -0.151. The maximum atomic E-state index is 11.9. The molecule has 0 saturated carbocycles. The van der Waals surface area contributed by atoms with E-state index in [0.717, 1.165) is 0 Å². The van der Waals surface area contributed by atoms with Gasteiger partial charge in [-0.2, -0.15) is 10.5 Å². The fourth-order valence-electron chi connectivity index (χ4n) is 2.35. The summed E-state index contributed by atoms with van der Waals surface area (Å²) in [5.41, 5.74) is 2.15. The van der Waals surface area contributed by atoms with E-state index in [1.807, 2.05) is 12.1 Å². The number of unbranched alkanes of at least 4 members (excludes halogenated alkanes) is 1. The molecule has 0 spiro atoms. The van der Waals surface area contributed by atoms with Crippen molar-refractivity contribution in [1.29, 1.82) is 10.5 Å². The van der Waals surface area contributed by atoms with Crippen LogP contribution < -0.4 is 10.6 Å². The Morgan fingerprint density at radius 1 is 0.769 bits per heavy atom. The summed E-state index contributed by atoms with van der Waals surface area (Å²) >= 11 is 0. The monoisotopic (exact) mass is 346 g/mol. The van der Waals surface area contributed by atoms with Crippen LogP contribution in [0.4, 0.5) is 11.4 Å². The van der Waals surface area contributed by atoms with Gasteiger partial charge in [0.15, 0.2) is 0 Å². The zero-order valence-electron chi connectivity index (χ0n) is 14.2. The molecule has 130 valence electrons. The molecule has 0 aliphatic carbocycles. The highest BCUT2D eigenvalue weighted by molar-refractivity contribution is 5.91. The highest BCUT2D eigenvalue weighted by Gasteiger charge is 2.06. The van der Waals surface area contributed by atoms with Gasteiger partial charge in [-0.1, -0.05) is 12.1 Å². The first-order valence-electron chi connectivity index (χ1n) is 8.21. The Hall–Kier alpha value is -3.64. The standard InChI is InChI=1S/C20H18N4O2/c21-13-15-5-3-7-17(11-15)23-19(25)9-1-2-10-20(26)24-18-8-4-6-16(12-18)14-22/h3-8,11-12H,1-2,9-10H2,(H,23,25)(H,24,26). The molecule has 0 aliphatic heterocycles. The topological polar surface area (TPSA) is 106 Å². The molecule has 6 heteroatoms. The first kappa shape index (κ1) is 18.7. The molecular weight excluding hydrogens is 328 g/mol. The summed E-state index contributed by atoms with van der Waals surface area (Å²) in [6, 6.07) is 17.5. The average Bonchev–Trinajstić information content (AvgIpc) is 2.65. The van der Waals surface area contributed by atoms with E-state index in [1.165, 1.54) is 0 Å². The van der Waals surface area contributed by atoms with Crippen LogP contribution in [-0.4, -0.2) is 11.8 Å². The molecule has 2 aromatic rings. The van der Waals surface area contributed by atoms with Crippen molar-refractivity contribution in [1.82, 2.24) is 0 Å². The molecule has 0 bridgehead atoms. The van der Waals surface area contributed by atoms with E-state index in [4.69, 9.17) is 10.5 Å². The van der Waals surface area contributed by atoms with Gasteiger partial charge in [-0.25, -0.2) is 0 Å². The van der Waals surface area contributed by atoms with Crippen LogP contribution in [0.2, 0.25) is 0 Å². The third-order valence-electron chi connectivity index (χ3n) is 3.61. The fourth-order valence-corrected chi connectivity index (χ4v) is 2.35. The Labute approximate surface area is 152 Å². The lowest BCUT2D eigenvalue weighted by Crippen LogP contribution is -2.13. The summed E-state index contributed by atoms with van der Waals surface area (Å²) < 4.78 is 0. The first-order valence-corrected chi connectivity index (χ1v) is 8.21. The summed E-state index contributed by atoms with van der Waals surface area (Å²) in [5.74, 6) is -0.301. The van der Waals surface area contributed by atoms with Crippen molar-refractivity contribution in [2.75, 3.05) is 10.6 Å². The molecule has 6 nitrogen and oxygen atoms in total. The number of nitrogens with one attached hydrogen (secondary N) is 2. The second-order valence-electron chi connectivity index (χ2n) is 5.69. The lowest BCUT2D eigenvalue weighted by Gasteiger charge is -2.07. The van der Waals surface area contributed by atoms with E-state index in [9.17, 15) is 9.59 Å². The van der Waals surface area contributed by atoms with Crippen molar-refractivity contribution < 1.29 is 9.59 Å². The molecule has 0 heterocycles. The van der Waals surface area contributed by atoms with Crippen molar-refractivity contribution in [3.8, 4) is 12.1 Å². The van der Waals surface area contributed by atoms with E-state index in [1.54, 1.807) is 48.5 Å². The third kappa shape index (κ3) is 6.10. The summed E-state index contributed by atoms with van der Waals surface area (Å²) in [6.45, 7) is 0. The van der Waals surface area contributed by atoms with Gasteiger partial charge in [-0.3, -0.25) is 9.59 Å². The fraction of sp³-hybridized carbons (Fsp3) is 0.200. The van der Waals surface area contributed by atoms with Gasteiger partial charge in [-0.15, -0.1) is 0 Å². The van der Waals surface area contributed by atoms with E-state index in [2.05, 4.69) is 10.6 Å². The lowest BCUT2D eigenvalue weighted by atomic mass is 10.1. The maximum absolute atomic E-state index is 11.9. The number of anilines is 2.